The third kappa shape index (κ3) is 4.70. The van der Waals surface area contributed by atoms with Gasteiger partial charge in [0.2, 0.25) is 11.8 Å². The average molecular weight is 302 g/mol. The Morgan fingerprint density at radius 1 is 1.36 bits per heavy atom. The molecule has 0 fully saturated rings. The molecule has 1 aliphatic heterocycles. The highest BCUT2D eigenvalue weighted by Gasteiger charge is 2.39. The molecule has 8 nitrogen and oxygen atoms in total. The second-order valence-corrected chi connectivity index (χ2v) is 5.09. The molecule has 8 heteroatoms. The topological polar surface area (TPSA) is 101 Å². The monoisotopic (exact) mass is 302 g/mol. The molecule has 0 spiro atoms. The number of hydrogen-bond donors (Lipinski definition) is 2. The molecule has 0 aromatic carbocycles. The number of nitrogens with zero attached hydrogens (tertiary/aromatic N) is 4. The number of hydrogen-bond acceptors (Lipinski definition) is 5. The summed E-state index contributed by atoms with van der Waals surface area (Å²) in [6, 6.07) is 1.67. The molecule has 22 heavy (non-hydrogen) atoms. The molecule has 2 amide bonds. The molecule has 0 radical (unpaired) electrons. The van der Waals surface area contributed by atoms with E-state index in [1.54, 1.807) is 24.0 Å². The summed E-state index contributed by atoms with van der Waals surface area (Å²) in [4.78, 5) is 23.4. The van der Waals surface area contributed by atoms with Gasteiger partial charge in [-0.1, -0.05) is 0 Å². The minimum atomic E-state index is -0.472. The standard InChI is InChI=1S/C14H18N6O2/c1-3-4-7-14(18-19-14)8-5-12(21)15-10-13(22)16-11-6-9-20(2)17-11/h1,6,9H,4-5,7-8,10H2,2H3,(H,15,21)(H,16,17,22). The van der Waals surface area contributed by atoms with E-state index in [1.165, 1.54) is 0 Å². The third-order valence-corrected chi connectivity index (χ3v) is 3.23. The maximum absolute atomic E-state index is 11.7. The molecule has 0 saturated heterocycles. The van der Waals surface area contributed by atoms with Crippen LogP contribution in [0, 0.1) is 12.3 Å². The normalized spacial score (nSPS) is 14.2. The second-order valence-electron chi connectivity index (χ2n) is 5.09. The zero-order valence-electron chi connectivity index (χ0n) is 12.4. The van der Waals surface area contributed by atoms with Gasteiger partial charge in [-0.25, -0.2) is 0 Å². The molecule has 1 aromatic heterocycles. The van der Waals surface area contributed by atoms with Crippen LogP contribution in [0.15, 0.2) is 22.5 Å². The van der Waals surface area contributed by atoms with E-state index in [-0.39, 0.29) is 24.8 Å². The van der Waals surface area contributed by atoms with Gasteiger partial charge < -0.3 is 10.6 Å². The van der Waals surface area contributed by atoms with Gasteiger partial charge in [0.05, 0.1) is 6.54 Å². The zero-order chi connectivity index (χ0) is 16.0. The van der Waals surface area contributed by atoms with Crippen LogP contribution in [-0.2, 0) is 16.6 Å². The van der Waals surface area contributed by atoms with Gasteiger partial charge in [0.25, 0.3) is 0 Å². The molecular weight excluding hydrogens is 284 g/mol. The third-order valence-electron chi connectivity index (χ3n) is 3.23. The van der Waals surface area contributed by atoms with Crippen molar-refractivity contribution < 1.29 is 9.59 Å². The van der Waals surface area contributed by atoms with E-state index < -0.39 is 5.66 Å². The minimum Gasteiger partial charge on any atom is -0.347 e. The molecule has 2 rings (SSSR count). The number of rotatable bonds is 8. The Morgan fingerprint density at radius 3 is 2.73 bits per heavy atom. The van der Waals surface area contributed by atoms with E-state index in [1.807, 2.05) is 0 Å². The van der Waals surface area contributed by atoms with Gasteiger partial charge in [-0.05, 0) is 0 Å². The summed E-state index contributed by atoms with van der Waals surface area (Å²) in [6.45, 7) is -0.0962. The summed E-state index contributed by atoms with van der Waals surface area (Å²) in [6.07, 6.45) is 8.94. The molecule has 0 bridgehead atoms. The van der Waals surface area contributed by atoms with Gasteiger partial charge in [0, 0.05) is 45.0 Å². The minimum absolute atomic E-state index is 0.0962. The lowest BCUT2D eigenvalue weighted by atomic mass is 10.0. The van der Waals surface area contributed by atoms with Crippen LogP contribution < -0.4 is 10.6 Å². The first kappa shape index (κ1) is 15.7. The van der Waals surface area contributed by atoms with Crippen LogP contribution in [-0.4, -0.2) is 33.8 Å². The molecule has 1 aromatic rings. The van der Waals surface area contributed by atoms with E-state index in [2.05, 4.69) is 31.9 Å². The van der Waals surface area contributed by atoms with Crippen molar-refractivity contribution in [3.63, 3.8) is 0 Å². The van der Waals surface area contributed by atoms with E-state index in [0.717, 1.165) is 0 Å². The van der Waals surface area contributed by atoms with Crippen molar-refractivity contribution in [2.24, 2.45) is 17.3 Å². The van der Waals surface area contributed by atoms with Gasteiger partial charge in [-0.2, -0.15) is 15.3 Å². The number of nitrogens with one attached hydrogen (secondary N) is 2. The maximum atomic E-state index is 11.7. The molecule has 2 heterocycles. The van der Waals surface area contributed by atoms with Crippen molar-refractivity contribution in [1.29, 1.82) is 0 Å². The Bertz CT molecular complexity index is 622. The highest BCUT2D eigenvalue weighted by Crippen LogP contribution is 2.37. The number of aryl methyl sites for hydroxylation is 1. The quantitative estimate of drug-likeness (QED) is 0.695. The molecule has 0 atom stereocenters. The fourth-order valence-electron chi connectivity index (χ4n) is 1.92. The van der Waals surface area contributed by atoms with Crippen LogP contribution in [0.1, 0.15) is 25.7 Å². The van der Waals surface area contributed by atoms with Crippen LogP contribution >= 0.6 is 0 Å². The maximum Gasteiger partial charge on any atom is 0.244 e. The molecule has 1 aliphatic rings. The molecule has 0 unspecified atom stereocenters. The largest absolute Gasteiger partial charge is 0.347 e. The number of carbonyl (C=O) groups is 2. The van der Waals surface area contributed by atoms with E-state index in [4.69, 9.17) is 6.42 Å². The first-order valence-electron chi connectivity index (χ1n) is 6.97. The van der Waals surface area contributed by atoms with Crippen LogP contribution in [0.4, 0.5) is 5.82 Å². The van der Waals surface area contributed by atoms with Gasteiger partial charge in [-0.3, -0.25) is 14.3 Å². The summed E-state index contributed by atoms with van der Waals surface area (Å²) in [5.74, 6) is 2.45. The highest BCUT2D eigenvalue weighted by molar-refractivity contribution is 5.93. The van der Waals surface area contributed by atoms with Crippen molar-refractivity contribution in [2.75, 3.05) is 11.9 Å². The van der Waals surface area contributed by atoms with E-state index >= 15 is 0 Å². The SMILES string of the molecule is C#CCCC1(CCC(=O)NCC(=O)Nc2ccn(C)n2)N=N1. The Hall–Kier alpha value is -2.69. The van der Waals surface area contributed by atoms with Gasteiger partial charge in [0.15, 0.2) is 11.5 Å². The fraction of sp³-hybridized carbons (Fsp3) is 0.500. The summed E-state index contributed by atoms with van der Waals surface area (Å²) in [5, 5.41) is 17.1. The van der Waals surface area contributed by atoms with Crippen LogP contribution in [0.25, 0.3) is 0 Å². The summed E-state index contributed by atoms with van der Waals surface area (Å²) in [5.41, 5.74) is -0.472. The number of terminal acetylenes is 1. The number of aromatic nitrogens is 2. The van der Waals surface area contributed by atoms with Crippen LogP contribution in [0.3, 0.4) is 0 Å². The van der Waals surface area contributed by atoms with E-state index in [9.17, 15) is 9.59 Å². The highest BCUT2D eigenvalue weighted by atomic mass is 16.2. The van der Waals surface area contributed by atoms with Crippen LogP contribution in [0.2, 0.25) is 0 Å². The Kier molecular flexibility index (Phi) is 4.88. The summed E-state index contributed by atoms with van der Waals surface area (Å²) >= 11 is 0. The first-order valence-corrected chi connectivity index (χ1v) is 6.97. The van der Waals surface area contributed by atoms with Gasteiger partial charge in [0.1, 0.15) is 0 Å². The smallest absolute Gasteiger partial charge is 0.244 e. The molecule has 0 saturated carbocycles. The number of amides is 2. The molecular formula is C14H18N6O2. The van der Waals surface area contributed by atoms with Crippen molar-refractivity contribution in [3.05, 3.63) is 12.3 Å². The Labute approximate surface area is 128 Å². The zero-order valence-corrected chi connectivity index (χ0v) is 12.4. The lowest BCUT2D eigenvalue weighted by Crippen LogP contribution is -2.33. The van der Waals surface area contributed by atoms with Crippen molar-refractivity contribution in [2.45, 2.75) is 31.3 Å². The van der Waals surface area contributed by atoms with Crippen LogP contribution in [0.5, 0.6) is 0 Å². The van der Waals surface area contributed by atoms with Crippen molar-refractivity contribution in [3.8, 4) is 12.3 Å². The molecule has 0 aliphatic carbocycles. The van der Waals surface area contributed by atoms with E-state index in [0.29, 0.717) is 25.1 Å². The van der Waals surface area contributed by atoms with Crippen molar-refractivity contribution >= 4 is 17.6 Å². The summed E-state index contributed by atoms with van der Waals surface area (Å²) < 4.78 is 1.58. The fourth-order valence-corrected chi connectivity index (χ4v) is 1.92. The first-order chi connectivity index (χ1) is 10.5. The lowest BCUT2D eigenvalue weighted by Gasteiger charge is -2.09. The predicted octanol–water partition coefficient (Wildman–Crippen LogP) is 0.830. The molecule has 2 N–H and O–H groups in total. The Balaban J connectivity index is 1.63. The van der Waals surface area contributed by atoms with Gasteiger partial charge in [-0.15, -0.1) is 12.3 Å². The second kappa shape index (κ2) is 6.85. The predicted molar refractivity (Wildman–Crippen MR) is 79.7 cm³/mol. The number of anilines is 1. The summed E-state index contributed by atoms with van der Waals surface area (Å²) in [7, 11) is 1.75. The number of carbonyl (C=O) groups excluding carboxylic acids is 2. The average Bonchev–Trinajstić information content (AvgIpc) is 3.16. The van der Waals surface area contributed by atoms with Gasteiger partial charge >= 0.3 is 0 Å². The van der Waals surface area contributed by atoms with Crippen molar-refractivity contribution in [1.82, 2.24) is 15.1 Å². The molecule has 116 valence electrons. The lowest BCUT2D eigenvalue weighted by molar-refractivity contribution is -0.124. The Morgan fingerprint density at radius 2 is 2.14 bits per heavy atom.